The summed E-state index contributed by atoms with van der Waals surface area (Å²) in [5.74, 6) is 1.36. The Morgan fingerprint density at radius 1 is 1.17 bits per heavy atom. The Kier molecular flexibility index (Phi) is 3.61. The zero-order valence-corrected chi connectivity index (χ0v) is 13.4. The van der Waals surface area contributed by atoms with Gasteiger partial charge in [0.15, 0.2) is 11.5 Å². The van der Waals surface area contributed by atoms with Crippen LogP contribution in [0, 0.1) is 0 Å². The maximum atomic E-state index is 12.5. The fraction of sp³-hybridized carbons (Fsp3) is 0.211. The Labute approximate surface area is 139 Å². The summed E-state index contributed by atoms with van der Waals surface area (Å²) >= 11 is 0. The van der Waals surface area contributed by atoms with Crippen molar-refractivity contribution in [2.75, 3.05) is 13.2 Å². The van der Waals surface area contributed by atoms with Crippen LogP contribution in [-0.4, -0.2) is 29.7 Å². The number of aryl methyl sites for hydroxylation is 1. The molecular weight excluding hydrogens is 304 g/mol. The number of carbonyl (C=O) groups is 1. The van der Waals surface area contributed by atoms with Crippen LogP contribution in [0.25, 0.3) is 10.9 Å². The standard InChI is InChI=1S/C19H18N2O3/c1-21-11-15(14-6-2-3-7-16(14)21)19(22)20-10-13-12-23-17-8-4-5-9-18(17)24-13/h2-9,11,13H,10,12H2,1H3,(H,20,22). The van der Waals surface area contributed by atoms with Gasteiger partial charge in [0.05, 0.1) is 12.1 Å². The minimum atomic E-state index is -0.196. The van der Waals surface area contributed by atoms with Gasteiger partial charge in [-0.05, 0) is 18.2 Å². The van der Waals surface area contributed by atoms with E-state index in [2.05, 4.69) is 5.32 Å². The first kappa shape index (κ1) is 14.6. The summed E-state index contributed by atoms with van der Waals surface area (Å²) in [4.78, 5) is 12.5. The number of ether oxygens (including phenoxy) is 2. The number of hydrogen-bond acceptors (Lipinski definition) is 3. The highest BCUT2D eigenvalue weighted by Crippen LogP contribution is 2.30. The highest BCUT2D eigenvalue weighted by molar-refractivity contribution is 6.06. The molecule has 1 aliphatic rings. The second kappa shape index (κ2) is 5.92. The maximum absolute atomic E-state index is 12.5. The molecule has 0 fully saturated rings. The van der Waals surface area contributed by atoms with E-state index in [1.54, 1.807) is 0 Å². The number of rotatable bonds is 3. The quantitative estimate of drug-likeness (QED) is 0.807. The van der Waals surface area contributed by atoms with Crippen LogP contribution in [0.1, 0.15) is 10.4 Å². The molecule has 2 heterocycles. The van der Waals surface area contributed by atoms with E-state index < -0.39 is 0 Å². The van der Waals surface area contributed by atoms with E-state index in [1.807, 2.05) is 66.3 Å². The molecule has 1 aromatic heterocycles. The molecule has 0 radical (unpaired) electrons. The molecule has 0 saturated heterocycles. The Hall–Kier alpha value is -2.95. The first-order chi connectivity index (χ1) is 11.7. The lowest BCUT2D eigenvalue weighted by atomic mass is 10.1. The number of nitrogens with zero attached hydrogens (tertiary/aromatic N) is 1. The SMILES string of the molecule is Cn1cc(C(=O)NCC2COc3ccccc3O2)c2ccccc21. The summed E-state index contributed by atoms with van der Waals surface area (Å²) in [6.45, 7) is 0.823. The third-order valence-electron chi connectivity index (χ3n) is 4.20. The molecule has 122 valence electrons. The summed E-state index contributed by atoms with van der Waals surface area (Å²) in [5, 5.41) is 3.90. The molecule has 3 aromatic rings. The molecule has 0 bridgehead atoms. The van der Waals surface area contributed by atoms with Gasteiger partial charge in [0.2, 0.25) is 0 Å². The molecule has 1 aliphatic heterocycles. The molecular formula is C19H18N2O3. The monoisotopic (exact) mass is 322 g/mol. The molecule has 2 aromatic carbocycles. The van der Waals surface area contributed by atoms with Crippen molar-refractivity contribution in [2.24, 2.45) is 7.05 Å². The Morgan fingerprint density at radius 2 is 1.92 bits per heavy atom. The number of benzene rings is 2. The highest BCUT2D eigenvalue weighted by atomic mass is 16.6. The van der Waals surface area contributed by atoms with E-state index in [0.29, 0.717) is 24.5 Å². The van der Waals surface area contributed by atoms with E-state index in [9.17, 15) is 4.79 Å². The van der Waals surface area contributed by atoms with Gasteiger partial charge in [0.25, 0.3) is 5.91 Å². The Morgan fingerprint density at radius 3 is 2.79 bits per heavy atom. The van der Waals surface area contributed by atoms with Crippen LogP contribution < -0.4 is 14.8 Å². The molecule has 0 spiro atoms. The van der Waals surface area contributed by atoms with Crippen molar-refractivity contribution in [1.82, 2.24) is 9.88 Å². The predicted molar refractivity (Wildman–Crippen MR) is 91.6 cm³/mol. The van der Waals surface area contributed by atoms with E-state index in [-0.39, 0.29) is 12.0 Å². The van der Waals surface area contributed by atoms with Gasteiger partial charge in [-0.2, -0.15) is 0 Å². The number of hydrogen-bond donors (Lipinski definition) is 1. The first-order valence-corrected chi connectivity index (χ1v) is 7.93. The van der Waals surface area contributed by atoms with Gasteiger partial charge in [-0.15, -0.1) is 0 Å². The summed E-state index contributed by atoms with van der Waals surface area (Å²) in [5.41, 5.74) is 1.71. The van der Waals surface area contributed by atoms with Gasteiger partial charge in [0.1, 0.15) is 12.7 Å². The fourth-order valence-corrected chi connectivity index (χ4v) is 2.99. The van der Waals surface area contributed by atoms with Gasteiger partial charge in [-0.25, -0.2) is 0 Å². The van der Waals surface area contributed by atoms with Gasteiger partial charge < -0.3 is 19.4 Å². The lowest BCUT2D eigenvalue weighted by molar-refractivity contribution is 0.0790. The van der Waals surface area contributed by atoms with E-state index in [4.69, 9.17) is 9.47 Å². The molecule has 1 unspecified atom stereocenters. The lowest BCUT2D eigenvalue weighted by Crippen LogP contribution is -2.40. The van der Waals surface area contributed by atoms with Gasteiger partial charge in [-0.1, -0.05) is 30.3 Å². The van der Waals surface area contributed by atoms with Gasteiger partial charge >= 0.3 is 0 Å². The zero-order valence-electron chi connectivity index (χ0n) is 13.4. The topological polar surface area (TPSA) is 52.5 Å². The van der Waals surface area contributed by atoms with Crippen LogP contribution in [0.3, 0.4) is 0 Å². The van der Waals surface area contributed by atoms with E-state index in [0.717, 1.165) is 16.7 Å². The summed E-state index contributed by atoms with van der Waals surface area (Å²) in [7, 11) is 1.94. The average Bonchev–Trinajstić information content (AvgIpc) is 2.97. The molecule has 24 heavy (non-hydrogen) atoms. The van der Waals surface area contributed by atoms with Crippen molar-refractivity contribution in [3.05, 3.63) is 60.3 Å². The normalized spacial score (nSPS) is 16.1. The third-order valence-corrected chi connectivity index (χ3v) is 4.20. The molecule has 1 atom stereocenters. The molecule has 0 aliphatic carbocycles. The minimum Gasteiger partial charge on any atom is -0.486 e. The fourth-order valence-electron chi connectivity index (χ4n) is 2.99. The largest absolute Gasteiger partial charge is 0.486 e. The van der Waals surface area contributed by atoms with Crippen LogP contribution >= 0.6 is 0 Å². The summed E-state index contributed by atoms with van der Waals surface area (Å²) < 4.78 is 13.5. The van der Waals surface area contributed by atoms with Crippen LogP contribution in [0.4, 0.5) is 0 Å². The van der Waals surface area contributed by atoms with Crippen molar-refractivity contribution < 1.29 is 14.3 Å². The smallest absolute Gasteiger partial charge is 0.253 e. The van der Waals surface area contributed by atoms with Crippen LogP contribution in [0.2, 0.25) is 0 Å². The number of aromatic nitrogens is 1. The molecule has 1 N–H and O–H groups in total. The first-order valence-electron chi connectivity index (χ1n) is 7.93. The molecule has 0 saturated carbocycles. The van der Waals surface area contributed by atoms with Crippen molar-refractivity contribution in [3.63, 3.8) is 0 Å². The van der Waals surface area contributed by atoms with Crippen molar-refractivity contribution in [2.45, 2.75) is 6.10 Å². The second-order valence-corrected chi connectivity index (χ2v) is 5.88. The van der Waals surface area contributed by atoms with Gasteiger partial charge in [-0.3, -0.25) is 4.79 Å². The van der Waals surface area contributed by atoms with E-state index >= 15 is 0 Å². The number of para-hydroxylation sites is 3. The van der Waals surface area contributed by atoms with Crippen LogP contribution in [0.5, 0.6) is 11.5 Å². The van der Waals surface area contributed by atoms with Crippen molar-refractivity contribution in [1.29, 1.82) is 0 Å². The summed E-state index contributed by atoms with van der Waals surface area (Å²) in [6.07, 6.45) is 1.66. The van der Waals surface area contributed by atoms with E-state index in [1.165, 1.54) is 0 Å². The number of fused-ring (bicyclic) bond motifs is 2. The predicted octanol–water partition coefficient (Wildman–Crippen LogP) is 2.75. The minimum absolute atomic E-state index is 0.103. The lowest BCUT2D eigenvalue weighted by Gasteiger charge is -2.26. The molecule has 1 amide bonds. The van der Waals surface area contributed by atoms with Crippen molar-refractivity contribution in [3.8, 4) is 11.5 Å². The second-order valence-electron chi connectivity index (χ2n) is 5.88. The maximum Gasteiger partial charge on any atom is 0.253 e. The molecule has 4 rings (SSSR count). The Bertz CT molecular complexity index is 901. The number of carbonyl (C=O) groups excluding carboxylic acids is 1. The van der Waals surface area contributed by atoms with Gasteiger partial charge in [0, 0.05) is 24.1 Å². The Balaban J connectivity index is 1.45. The molecule has 5 nitrogen and oxygen atoms in total. The zero-order chi connectivity index (χ0) is 16.5. The van der Waals surface area contributed by atoms with Crippen LogP contribution in [-0.2, 0) is 7.05 Å². The van der Waals surface area contributed by atoms with Crippen molar-refractivity contribution >= 4 is 16.8 Å². The average molecular weight is 322 g/mol. The highest BCUT2D eigenvalue weighted by Gasteiger charge is 2.22. The number of nitrogens with one attached hydrogen (secondary N) is 1. The molecule has 5 heteroatoms. The number of amides is 1. The van der Waals surface area contributed by atoms with Crippen LogP contribution in [0.15, 0.2) is 54.7 Å². The summed E-state index contributed by atoms with van der Waals surface area (Å²) in [6, 6.07) is 15.4. The third kappa shape index (κ3) is 2.58.